The average Bonchev–Trinajstić information content (AvgIpc) is 1.63. The van der Waals surface area contributed by atoms with Gasteiger partial charge in [-0.3, -0.25) is 13.7 Å². The minimum absolute atomic E-state index is 0.763. The van der Waals surface area contributed by atoms with E-state index in [1.54, 1.807) is 0 Å². The van der Waals surface area contributed by atoms with E-state index < -0.39 is 21.4 Å². The Morgan fingerprint density at radius 3 is 1.04 bits per heavy atom. The van der Waals surface area contributed by atoms with Crippen molar-refractivity contribution in [2.45, 2.75) is 40.0 Å². The second kappa shape index (κ2) is 28.0. The van der Waals surface area contributed by atoms with Crippen LogP contribution < -0.4 is 47.7 Å². The van der Waals surface area contributed by atoms with Crippen LogP contribution in [-0.4, -0.2) is 47.8 Å². The summed E-state index contributed by atoms with van der Waals surface area (Å²) in [5.74, 6) is 2.92. The van der Waals surface area contributed by atoms with E-state index in [0.29, 0.717) is 0 Å². The maximum atomic E-state index is 15.7. The third-order valence-electron chi connectivity index (χ3n) is 24.7. The molecule has 0 amide bonds. The van der Waals surface area contributed by atoms with E-state index in [9.17, 15) is 0 Å². The van der Waals surface area contributed by atoms with Crippen molar-refractivity contribution in [2.75, 3.05) is 0 Å². The fourth-order valence-electron chi connectivity index (χ4n) is 19.4. The monoisotopic (exact) mass is 1620 g/mol. The normalized spacial score (nSPS) is 16.0. The molecule has 3 aliphatic heterocycles. The molecule has 16 aromatic carbocycles. The van der Waals surface area contributed by atoms with Gasteiger partial charge in [0.05, 0.1) is 94.7 Å². The molecule has 0 N–H and O–H groups in total. The number of aromatic nitrogens is 10. The lowest BCUT2D eigenvalue weighted by Crippen LogP contribution is -2.33. The first-order chi connectivity index (χ1) is 59.5. The maximum Gasteiger partial charge on any atom is 0.175 e. The highest BCUT2D eigenvalue weighted by molar-refractivity contribution is 7.87. The molecule has 3 atom stereocenters. The molecule has 13 nitrogen and oxygen atoms in total. The molecule has 25 rings (SSSR count). The Morgan fingerprint density at radius 1 is 0.248 bits per heavy atom. The SMILES string of the molecule is CCc1nc2cccc3c2n1-c1ccc(-c2nc4ccccc4nc2-c2ccccc2)cc1P3(=O)c1ccccc1.CCc1nc2cccc3c2n1-c1ccc(-n2c4ccccc4c4c5ccccc5ccc42)cc1P3(=O)c1ccccc1.CCc1nc2cccc3c2n1-c1ccc(-n2c4ccccc4c4ccccc42)cc1P3(=O)c1ccccc1. The zero-order chi connectivity index (χ0) is 81.0. The zero-order valence-corrected chi connectivity index (χ0v) is 69.0. The van der Waals surface area contributed by atoms with Crippen molar-refractivity contribution in [2.24, 2.45) is 0 Å². The summed E-state index contributed by atoms with van der Waals surface area (Å²) in [4.78, 5) is 25.1. The molecule has 0 saturated carbocycles. The molecule has 0 saturated heterocycles. The van der Waals surface area contributed by atoms with Crippen LogP contribution in [0.2, 0.25) is 0 Å². The third-order valence-corrected chi connectivity index (χ3v) is 34.0. The van der Waals surface area contributed by atoms with Crippen LogP contribution in [0.5, 0.6) is 0 Å². The van der Waals surface area contributed by atoms with Crippen LogP contribution in [0.25, 0.3) is 149 Å². The van der Waals surface area contributed by atoms with Gasteiger partial charge in [0.2, 0.25) is 0 Å². The summed E-state index contributed by atoms with van der Waals surface area (Å²) in [6.45, 7) is 6.37. The molecule has 16 heteroatoms. The molecule has 3 aliphatic rings. The largest absolute Gasteiger partial charge is 0.309 e. The van der Waals surface area contributed by atoms with E-state index in [2.05, 4.69) is 220 Å². The summed E-state index contributed by atoms with van der Waals surface area (Å²) in [7, 11) is -9.66. The molecule has 0 spiro atoms. The maximum absolute atomic E-state index is 15.7. The van der Waals surface area contributed by atoms with Gasteiger partial charge in [0.1, 0.15) is 17.5 Å². The summed E-state index contributed by atoms with van der Waals surface area (Å²) in [5, 5.41) is 14.9. The highest BCUT2D eigenvalue weighted by Gasteiger charge is 2.44. The summed E-state index contributed by atoms with van der Waals surface area (Å²) < 4.78 is 58.2. The highest BCUT2D eigenvalue weighted by atomic mass is 31.2. The second-order valence-corrected chi connectivity index (χ2v) is 39.2. The molecule has 0 fully saturated rings. The van der Waals surface area contributed by atoms with Gasteiger partial charge in [-0.25, -0.2) is 24.9 Å². The number of hydrogen-bond acceptors (Lipinski definition) is 8. The average molecular weight is 1620 g/mol. The van der Waals surface area contributed by atoms with Crippen molar-refractivity contribution in [1.82, 2.24) is 47.8 Å². The van der Waals surface area contributed by atoms with E-state index in [4.69, 9.17) is 24.9 Å². The zero-order valence-electron chi connectivity index (χ0n) is 66.3. The Morgan fingerprint density at radius 2 is 0.595 bits per heavy atom. The van der Waals surface area contributed by atoms with Gasteiger partial charge in [-0.15, -0.1) is 0 Å². The van der Waals surface area contributed by atoms with Gasteiger partial charge in [-0.05, 0) is 132 Å². The summed E-state index contributed by atoms with van der Waals surface area (Å²) >= 11 is 0. The first-order valence-electron chi connectivity index (χ1n) is 41.2. The van der Waals surface area contributed by atoms with E-state index in [-0.39, 0.29) is 0 Å². The minimum Gasteiger partial charge on any atom is -0.309 e. The van der Waals surface area contributed by atoms with Crippen LogP contribution >= 0.6 is 21.4 Å². The van der Waals surface area contributed by atoms with Gasteiger partial charge >= 0.3 is 0 Å². The van der Waals surface area contributed by atoms with Crippen LogP contribution in [0.4, 0.5) is 0 Å². The Labute approximate surface area is 696 Å². The second-order valence-electron chi connectivity index (χ2n) is 31.1. The fourth-order valence-corrected chi connectivity index (χ4v) is 28.5. The van der Waals surface area contributed by atoms with Crippen LogP contribution in [0.15, 0.2) is 364 Å². The molecule has 0 bridgehead atoms. The number of benzene rings is 16. The highest BCUT2D eigenvalue weighted by Crippen LogP contribution is 2.54. The van der Waals surface area contributed by atoms with Crippen LogP contribution in [0.1, 0.15) is 38.2 Å². The Kier molecular flexibility index (Phi) is 16.7. The number of fused-ring (bicyclic) bond motifs is 15. The van der Waals surface area contributed by atoms with E-state index in [0.717, 1.165) is 202 Å². The van der Waals surface area contributed by atoms with Crippen LogP contribution in [0.3, 0.4) is 0 Å². The van der Waals surface area contributed by atoms with Crippen LogP contribution in [0, 0.1) is 0 Å². The number of hydrogen-bond donors (Lipinski definition) is 0. The molecule has 6 aromatic heterocycles. The predicted octanol–water partition coefficient (Wildman–Crippen LogP) is 21.2. The quantitative estimate of drug-likeness (QED) is 0.123. The van der Waals surface area contributed by atoms with E-state index in [1.165, 1.54) is 32.3 Å². The summed E-state index contributed by atoms with van der Waals surface area (Å²) in [5.41, 5.74) is 20.0. The summed E-state index contributed by atoms with van der Waals surface area (Å²) in [6.07, 6.45) is 2.34. The Balaban J connectivity index is 0.000000106. The van der Waals surface area contributed by atoms with Crippen molar-refractivity contribution in [1.29, 1.82) is 0 Å². The first kappa shape index (κ1) is 72.1. The molecule has 3 unspecified atom stereocenters. The first-order valence-corrected chi connectivity index (χ1v) is 46.3. The lowest BCUT2D eigenvalue weighted by atomic mass is 10.0. The Bertz CT molecular complexity index is 8180. The minimum atomic E-state index is -3.25. The van der Waals surface area contributed by atoms with E-state index >= 15 is 13.7 Å². The predicted molar refractivity (Wildman–Crippen MR) is 500 cm³/mol. The summed E-state index contributed by atoms with van der Waals surface area (Å²) in [6, 6.07) is 124. The number of para-hydroxylation sites is 8. The lowest BCUT2D eigenvalue weighted by Gasteiger charge is -2.29. The standard InChI is InChI=1S/C37H26N3OP.C35H25N4OP.C33H24N3OP/c1-2-35-38-29-16-10-18-33-37(29)40(35)31-22-20-25(23-34(31)42(33,41)26-12-4-3-5-13-26)39-30-17-9-8-15-28(30)36-27-14-7-6-11-24(27)19-21-32(36)39;1-2-32-36-28-18-11-19-30-35(28)39(32)29-21-20-24(22-31(29)41(30,40)25-14-7-4-8-15-25)34-33(23-12-5-3-6-13-23)37-26-16-9-10-17-27(26)38-34;1-2-32-34-26-15-10-18-30-33(26)36(32)29-20-19-22(21-31(29)38(30,37)23-11-4-3-5-12-23)35-27-16-8-6-13-24(27)25-14-7-9-17-28(25)35/h3-23H,2H2,1H3;3-22H,2H2,1H3;3-21H,2H2,1H3. The van der Waals surface area contributed by atoms with E-state index in [1.807, 2.05) is 188 Å². The van der Waals surface area contributed by atoms with Gasteiger partial charge in [0.25, 0.3) is 0 Å². The fraction of sp³-hybridized carbons (Fsp3) is 0.0571. The van der Waals surface area contributed by atoms with Crippen molar-refractivity contribution < 1.29 is 13.7 Å². The molecule has 22 aromatic rings. The molecule has 9 heterocycles. The van der Waals surface area contributed by atoms with Crippen LogP contribution in [-0.2, 0) is 33.0 Å². The van der Waals surface area contributed by atoms with Gasteiger partial charge in [0.15, 0.2) is 21.4 Å². The third kappa shape index (κ3) is 10.7. The van der Waals surface area contributed by atoms with Crippen molar-refractivity contribution >= 4 is 168 Å². The number of imidazole rings is 3. The number of rotatable bonds is 10. The molecule has 121 heavy (non-hydrogen) atoms. The van der Waals surface area contributed by atoms with Crippen molar-refractivity contribution in [3.63, 3.8) is 0 Å². The Hall–Kier alpha value is -14.2. The van der Waals surface area contributed by atoms with Crippen molar-refractivity contribution in [3.8, 4) is 51.0 Å². The number of aryl methyl sites for hydroxylation is 3. The molecule has 578 valence electrons. The number of nitrogens with zero attached hydrogens (tertiary/aromatic N) is 10. The van der Waals surface area contributed by atoms with Gasteiger partial charge in [0, 0.05) is 111 Å². The molecular weight excluding hydrogens is 1540 g/mol. The van der Waals surface area contributed by atoms with Gasteiger partial charge < -0.3 is 22.8 Å². The molecule has 0 aliphatic carbocycles. The van der Waals surface area contributed by atoms with Gasteiger partial charge in [-0.2, -0.15) is 0 Å². The molecule has 0 radical (unpaired) electrons. The smallest absolute Gasteiger partial charge is 0.175 e. The topological polar surface area (TPSA) is 140 Å². The van der Waals surface area contributed by atoms with Gasteiger partial charge in [-0.1, -0.05) is 263 Å². The van der Waals surface area contributed by atoms with Crippen molar-refractivity contribution in [3.05, 3.63) is 381 Å². The lowest BCUT2D eigenvalue weighted by molar-refractivity contribution is 0.591. The molecular formula is C105H75N10O3P3.